The molecule has 1 aromatic carbocycles. The zero-order valence-corrected chi connectivity index (χ0v) is 12.3. The second-order valence-electron chi connectivity index (χ2n) is 5.50. The average Bonchev–Trinajstić information content (AvgIpc) is 2.46. The van der Waals surface area contributed by atoms with E-state index in [0.717, 1.165) is 12.1 Å². The Bertz CT molecular complexity index is 523. The van der Waals surface area contributed by atoms with Crippen molar-refractivity contribution in [3.05, 3.63) is 29.3 Å². The minimum Gasteiger partial charge on any atom is -0.384 e. The fourth-order valence-electron chi connectivity index (χ4n) is 2.62. The molecule has 6 heteroatoms. The minimum atomic E-state index is -0.701. The van der Waals surface area contributed by atoms with E-state index in [0.29, 0.717) is 25.9 Å². The van der Waals surface area contributed by atoms with Crippen LogP contribution in [-0.4, -0.2) is 32.7 Å². The first-order valence-electron chi connectivity index (χ1n) is 6.95. The lowest BCUT2D eigenvalue weighted by Gasteiger charge is -2.35. The lowest BCUT2D eigenvalue weighted by Crippen LogP contribution is -2.47. The van der Waals surface area contributed by atoms with Crippen LogP contribution in [0.15, 0.2) is 12.1 Å². The summed E-state index contributed by atoms with van der Waals surface area (Å²) < 4.78 is 32.5. The molecule has 1 heterocycles. The Labute approximate surface area is 122 Å². The molecule has 1 aromatic rings. The van der Waals surface area contributed by atoms with Gasteiger partial charge < -0.3 is 15.4 Å². The van der Waals surface area contributed by atoms with Gasteiger partial charge in [0.05, 0.1) is 17.7 Å². The number of nitrogens with one attached hydrogen (secondary N) is 2. The number of amides is 1. The molecule has 0 bridgehead atoms. The molecule has 21 heavy (non-hydrogen) atoms. The summed E-state index contributed by atoms with van der Waals surface area (Å²) in [6.45, 7) is 3.13. The fourth-order valence-corrected chi connectivity index (χ4v) is 2.62. The summed E-state index contributed by atoms with van der Waals surface area (Å²) in [5.74, 6) is -1.51. The van der Waals surface area contributed by atoms with Crippen molar-refractivity contribution in [2.24, 2.45) is 5.41 Å². The third kappa shape index (κ3) is 3.39. The topological polar surface area (TPSA) is 50.4 Å². The maximum Gasteiger partial charge on any atom is 0.233 e. The molecule has 1 saturated heterocycles. The van der Waals surface area contributed by atoms with Gasteiger partial charge in [-0.05, 0) is 44.5 Å². The Kier molecular flexibility index (Phi) is 4.90. The van der Waals surface area contributed by atoms with Crippen molar-refractivity contribution in [2.75, 3.05) is 32.1 Å². The summed E-state index contributed by atoms with van der Waals surface area (Å²) >= 11 is 0. The molecular formula is C15H20F2N2O2. The Morgan fingerprint density at radius 3 is 2.62 bits per heavy atom. The molecule has 0 radical (unpaired) electrons. The van der Waals surface area contributed by atoms with Crippen LogP contribution in [0.25, 0.3) is 0 Å². The van der Waals surface area contributed by atoms with Crippen LogP contribution in [-0.2, 0) is 9.53 Å². The summed E-state index contributed by atoms with van der Waals surface area (Å²) in [6, 6.07) is 2.10. The van der Waals surface area contributed by atoms with Gasteiger partial charge >= 0.3 is 0 Å². The molecular weight excluding hydrogens is 278 g/mol. The number of rotatable bonds is 4. The number of benzene rings is 1. The van der Waals surface area contributed by atoms with E-state index in [2.05, 4.69) is 10.6 Å². The van der Waals surface area contributed by atoms with Crippen molar-refractivity contribution >= 4 is 11.6 Å². The van der Waals surface area contributed by atoms with Gasteiger partial charge in [-0.15, -0.1) is 0 Å². The van der Waals surface area contributed by atoms with E-state index in [1.807, 2.05) is 0 Å². The van der Waals surface area contributed by atoms with Crippen LogP contribution >= 0.6 is 0 Å². The normalized spacial score (nSPS) is 17.5. The maximum atomic E-state index is 13.8. The summed E-state index contributed by atoms with van der Waals surface area (Å²) in [7, 11) is 1.53. The monoisotopic (exact) mass is 298 g/mol. The van der Waals surface area contributed by atoms with Gasteiger partial charge in [0, 0.05) is 13.2 Å². The first kappa shape index (κ1) is 15.9. The summed E-state index contributed by atoms with van der Waals surface area (Å²) in [5, 5.41) is 5.69. The summed E-state index contributed by atoms with van der Waals surface area (Å²) in [5.41, 5.74) is -0.621. The summed E-state index contributed by atoms with van der Waals surface area (Å²) in [6.07, 6.45) is 1.20. The van der Waals surface area contributed by atoms with Crippen molar-refractivity contribution in [3.8, 4) is 0 Å². The van der Waals surface area contributed by atoms with Crippen molar-refractivity contribution in [1.29, 1.82) is 0 Å². The van der Waals surface area contributed by atoms with Gasteiger partial charge in [-0.25, -0.2) is 8.78 Å². The number of ether oxygens (including phenoxy) is 1. The van der Waals surface area contributed by atoms with Crippen LogP contribution in [0.1, 0.15) is 18.4 Å². The van der Waals surface area contributed by atoms with Gasteiger partial charge in [0.15, 0.2) is 0 Å². The second-order valence-corrected chi connectivity index (χ2v) is 5.50. The smallest absolute Gasteiger partial charge is 0.233 e. The molecule has 0 aromatic heterocycles. The predicted octanol–water partition coefficient (Wildman–Crippen LogP) is 2.23. The Morgan fingerprint density at radius 1 is 1.33 bits per heavy atom. The van der Waals surface area contributed by atoms with Gasteiger partial charge in [0.1, 0.15) is 11.6 Å². The van der Waals surface area contributed by atoms with Gasteiger partial charge in [-0.1, -0.05) is 0 Å². The zero-order valence-electron chi connectivity index (χ0n) is 12.3. The third-order valence-corrected chi connectivity index (χ3v) is 3.96. The van der Waals surface area contributed by atoms with Gasteiger partial charge in [0.2, 0.25) is 5.91 Å². The highest BCUT2D eigenvalue weighted by Gasteiger charge is 2.40. The molecule has 1 aliphatic rings. The number of anilines is 1. The number of aryl methyl sites for hydroxylation is 1. The van der Waals surface area contributed by atoms with E-state index in [1.165, 1.54) is 14.0 Å². The van der Waals surface area contributed by atoms with Gasteiger partial charge in [-0.3, -0.25) is 4.79 Å². The number of hydrogen-bond donors (Lipinski definition) is 2. The average molecular weight is 298 g/mol. The number of carbonyl (C=O) groups excluding carboxylic acids is 1. The molecule has 0 atom stereocenters. The zero-order chi connectivity index (χ0) is 15.5. The van der Waals surface area contributed by atoms with Crippen LogP contribution in [0.4, 0.5) is 14.5 Å². The van der Waals surface area contributed by atoms with Crippen molar-refractivity contribution in [2.45, 2.75) is 19.8 Å². The molecule has 1 aliphatic heterocycles. The fraction of sp³-hybridized carbons (Fsp3) is 0.533. The number of halogens is 2. The van der Waals surface area contributed by atoms with Gasteiger partial charge in [0.25, 0.3) is 0 Å². The molecule has 0 saturated carbocycles. The Balaban J connectivity index is 2.21. The largest absolute Gasteiger partial charge is 0.384 e. The first-order chi connectivity index (χ1) is 9.98. The molecule has 0 aliphatic carbocycles. The van der Waals surface area contributed by atoms with Crippen LogP contribution in [0.2, 0.25) is 0 Å². The Morgan fingerprint density at radius 2 is 2.00 bits per heavy atom. The lowest BCUT2D eigenvalue weighted by atomic mass is 9.78. The second kappa shape index (κ2) is 6.49. The predicted molar refractivity (Wildman–Crippen MR) is 76.1 cm³/mol. The molecule has 4 nitrogen and oxygen atoms in total. The molecule has 116 valence electrons. The van der Waals surface area contributed by atoms with Crippen molar-refractivity contribution < 1.29 is 18.3 Å². The van der Waals surface area contributed by atoms with E-state index >= 15 is 0 Å². The third-order valence-electron chi connectivity index (χ3n) is 3.96. The van der Waals surface area contributed by atoms with E-state index < -0.39 is 17.0 Å². The minimum absolute atomic E-state index is 0.128. The van der Waals surface area contributed by atoms with E-state index in [9.17, 15) is 13.6 Å². The highest BCUT2D eigenvalue weighted by Crippen LogP contribution is 2.31. The van der Waals surface area contributed by atoms with Crippen LogP contribution in [0.3, 0.4) is 0 Å². The summed E-state index contributed by atoms with van der Waals surface area (Å²) in [4.78, 5) is 12.5. The Hall–Kier alpha value is -1.53. The van der Waals surface area contributed by atoms with Crippen LogP contribution < -0.4 is 10.6 Å². The van der Waals surface area contributed by atoms with Crippen molar-refractivity contribution in [3.63, 3.8) is 0 Å². The standard InChI is InChI=1S/C15H20F2N2O2/c1-10-7-12(17)13(8-11(10)16)19-14(20)15(9-21-2)3-5-18-6-4-15/h7-8,18H,3-6,9H2,1-2H3,(H,19,20). The number of carbonyl (C=O) groups is 1. The molecule has 0 spiro atoms. The highest BCUT2D eigenvalue weighted by atomic mass is 19.1. The molecule has 2 N–H and O–H groups in total. The quantitative estimate of drug-likeness (QED) is 0.896. The van der Waals surface area contributed by atoms with Crippen LogP contribution in [0, 0.1) is 24.0 Å². The SMILES string of the molecule is COCC1(C(=O)Nc2cc(F)c(C)cc2F)CCNCC1. The molecule has 2 rings (SSSR count). The van der Waals surface area contributed by atoms with Crippen LogP contribution in [0.5, 0.6) is 0 Å². The number of methoxy groups -OCH3 is 1. The van der Waals surface area contributed by atoms with Gasteiger partial charge in [-0.2, -0.15) is 0 Å². The van der Waals surface area contributed by atoms with E-state index in [1.54, 1.807) is 0 Å². The van der Waals surface area contributed by atoms with E-state index in [-0.39, 0.29) is 23.8 Å². The maximum absolute atomic E-state index is 13.8. The van der Waals surface area contributed by atoms with Crippen molar-refractivity contribution in [1.82, 2.24) is 5.32 Å². The first-order valence-corrected chi connectivity index (χ1v) is 6.95. The number of piperidine rings is 1. The lowest BCUT2D eigenvalue weighted by molar-refractivity contribution is -0.130. The highest BCUT2D eigenvalue weighted by molar-refractivity contribution is 5.95. The molecule has 1 fully saturated rings. The van der Waals surface area contributed by atoms with E-state index in [4.69, 9.17) is 4.74 Å². The number of hydrogen-bond acceptors (Lipinski definition) is 3. The molecule has 1 amide bonds. The molecule has 0 unspecified atom stereocenters.